The monoisotopic (exact) mass is 277 g/mol. The molecule has 0 saturated carbocycles. The minimum Gasteiger partial charge on any atom is -0.433 e. The fourth-order valence-corrected chi connectivity index (χ4v) is 1.47. The minimum absolute atomic E-state index is 0.0212. The van der Waals surface area contributed by atoms with E-state index in [0.29, 0.717) is 5.56 Å². The van der Waals surface area contributed by atoms with Crippen LogP contribution in [0.15, 0.2) is 30.5 Å². The Balaban J connectivity index is 2.43. The zero-order valence-electron chi connectivity index (χ0n) is 10.2. The third kappa shape index (κ3) is 2.79. The van der Waals surface area contributed by atoms with Gasteiger partial charge in [0.1, 0.15) is 11.9 Å². The van der Waals surface area contributed by atoms with Crippen LogP contribution in [0, 0.1) is 10.1 Å². The van der Waals surface area contributed by atoms with Crippen LogP contribution in [-0.4, -0.2) is 20.0 Å². The van der Waals surface area contributed by atoms with Gasteiger partial charge >= 0.3 is 11.6 Å². The molecule has 0 radical (unpaired) electrons. The molecule has 9 heteroatoms. The molecule has 0 unspecified atom stereocenters. The topological polar surface area (TPSA) is 136 Å². The molecule has 104 valence electrons. The highest BCUT2D eigenvalue weighted by molar-refractivity contribution is 5.46. The summed E-state index contributed by atoms with van der Waals surface area (Å²) < 4.78 is 5.39. The van der Waals surface area contributed by atoms with Crippen LogP contribution in [0.25, 0.3) is 0 Å². The number of para-hydroxylation sites is 1. The Hall–Kier alpha value is -2.78. The highest BCUT2D eigenvalue weighted by atomic mass is 16.6. The van der Waals surface area contributed by atoms with E-state index in [1.165, 1.54) is 0 Å². The van der Waals surface area contributed by atoms with E-state index in [9.17, 15) is 15.2 Å². The van der Waals surface area contributed by atoms with Gasteiger partial charge in [-0.3, -0.25) is 15.5 Å². The van der Waals surface area contributed by atoms with Gasteiger partial charge in [-0.2, -0.15) is 4.98 Å². The maximum Gasteiger partial charge on any atom is 0.349 e. The average Bonchev–Trinajstić information content (AvgIpc) is 2.47. The fourth-order valence-electron chi connectivity index (χ4n) is 1.47. The van der Waals surface area contributed by atoms with E-state index in [2.05, 4.69) is 15.4 Å². The molecule has 1 heterocycles. The highest BCUT2D eigenvalue weighted by Crippen LogP contribution is 2.31. The quantitative estimate of drug-likeness (QED) is 0.417. The molecule has 20 heavy (non-hydrogen) atoms. The number of nitrogen functional groups attached to an aromatic ring is 1. The normalized spacial score (nSPS) is 10.1. The predicted octanol–water partition coefficient (Wildman–Crippen LogP) is 0.955. The average molecular weight is 277 g/mol. The van der Waals surface area contributed by atoms with Gasteiger partial charge in [-0.25, -0.2) is 10.8 Å². The molecule has 0 fully saturated rings. The third-order valence-corrected chi connectivity index (χ3v) is 2.41. The van der Waals surface area contributed by atoms with E-state index in [0.717, 1.165) is 6.20 Å². The van der Waals surface area contributed by atoms with Gasteiger partial charge < -0.3 is 9.84 Å². The molecule has 0 atom stereocenters. The van der Waals surface area contributed by atoms with Crippen LogP contribution < -0.4 is 16.0 Å². The van der Waals surface area contributed by atoms with Crippen molar-refractivity contribution in [1.82, 2.24) is 9.97 Å². The maximum atomic E-state index is 10.9. The second kappa shape index (κ2) is 5.91. The Morgan fingerprint density at radius 3 is 2.85 bits per heavy atom. The summed E-state index contributed by atoms with van der Waals surface area (Å²) in [5.41, 5.74) is 2.24. The lowest BCUT2D eigenvalue weighted by molar-refractivity contribution is -0.386. The first-order valence-electron chi connectivity index (χ1n) is 5.50. The van der Waals surface area contributed by atoms with Crippen molar-refractivity contribution in [2.75, 3.05) is 5.43 Å². The lowest BCUT2D eigenvalue weighted by Gasteiger charge is -2.09. The summed E-state index contributed by atoms with van der Waals surface area (Å²) in [6.07, 6.45) is 0.985. The second-order valence-electron chi connectivity index (χ2n) is 3.65. The molecule has 1 aromatic heterocycles. The zero-order valence-corrected chi connectivity index (χ0v) is 10.2. The van der Waals surface area contributed by atoms with Crippen molar-refractivity contribution >= 4 is 11.6 Å². The first-order chi connectivity index (χ1) is 9.65. The molecule has 0 aliphatic rings. The zero-order chi connectivity index (χ0) is 14.5. The summed E-state index contributed by atoms with van der Waals surface area (Å²) in [6.45, 7) is -0.267. The van der Waals surface area contributed by atoms with Crippen LogP contribution in [0.5, 0.6) is 11.6 Å². The van der Waals surface area contributed by atoms with Crippen LogP contribution in [0.2, 0.25) is 0 Å². The number of nitro groups is 1. The number of nitrogens with two attached hydrogens (primary N) is 1. The molecule has 0 bridgehead atoms. The molecule has 9 nitrogen and oxygen atoms in total. The Kier molecular flexibility index (Phi) is 4.03. The summed E-state index contributed by atoms with van der Waals surface area (Å²) in [5.74, 6) is 5.13. The molecule has 4 N–H and O–H groups in total. The fraction of sp³-hybridized carbons (Fsp3) is 0.0909. The minimum atomic E-state index is -0.669. The first kappa shape index (κ1) is 13.6. The molecule has 0 aliphatic heterocycles. The molecule has 2 rings (SSSR count). The number of aromatic nitrogens is 2. The predicted molar refractivity (Wildman–Crippen MR) is 68.9 cm³/mol. The van der Waals surface area contributed by atoms with E-state index in [-0.39, 0.29) is 24.2 Å². The van der Waals surface area contributed by atoms with Crippen LogP contribution in [0.1, 0.15) is 5.56 Å². The summed E-state index contributed by atoms with van der Waals surface area (Å²) in [7, 11) is 0. The van der Waals surface area contributed by atoms with Crippen molar-refractivity contribution in [2.24, 2.45) is 5.84 Å². The molecule has 1 aromatic carbocycles. The Morgan fingerprint density at radius 2 is 2.20 bits per heavy atom. The standard InChI is InChI=1S/C11H11N5O4/c12-15-11-13-5-8(16(18)19)10(14-11)20-9-4-2-1-3-7(9)6-17/h1-5,17H,6,12H2,(H,13,14,15). The number of aliphatic hydroxyl groups excluding tert-OH is 1. The van der Waals surface area contributed by atoms with Crippen molar-refractivity contribution < 1.29 is 14.8 Å². The highest BCUT2D eigenvalue weighted by Gasteiger charge is 2.20. The van der Waals surface area contributed by atoms with E-state index in [1.807, 2.05) is 0 Å². The number of aliphatic hydroxyl groups is 1. The Morgan fingerprint density at radius 1 is 1.45 bits per heavy atom. The summed E-state index contributed by atoms with van der Waals surface area (Å²) in [6, 6.07) is 6.57. The molecule has 0 saturated heterocycles. The van der Waals surface area contributed by atoms with Crippen molar-refractivity contribution in [1.29, 1.82) is 0 Å². The van der Waals surface area contributed by atoms with E-state index < -0.39 is 10.6 Å². The van der Waals surface area contributed by atoms with Crippen molar-refractivity contribution in [3.8, 4) is 11.6 Å². The van der Waals surface area contributed by atoms with Gasteiger partial charge in [0.05, 0.1) is 11.5 Å². The van der Waals surface area contributed by atoms with Gasteiger partial charge in [0.2, 0.25) is 5.95 Å². The lowest BCUT2D eigenvalue weighted by Crippen LogP contribution is -2.11. The number of nitrogens with zero attached hydrogens (tertiary/aromatic N) is 3. The van der Waals surface area contributed by atoms with Crippen molar-refractivity contribution in [3.05, 3.63) is 46.1 Å². The van der Waals surface area contributed by atoms with Gasteiger partial charge in [0.15, 0.2) is 0 Å². The van der Waals surface area contributed by atoms with Gasteiger partial charge in [-0.05, 0) is 6.07 Å². The first-order valence-corrected chi connectivity index (χ1v) is 5.50. The van der Waals surface area contributed by atoms with Crippen LogP contribution in [0.3, 0.4) is 0 Å². The molecule has 0 spiro atoms. The number of hydrogen-bond acceptors (Lipinski definition) is 8. The molecular weight excluding hydrogens is 266 g/mol. The van der Waals surface area contributed by atoms with Crippen LogP contribution in [-0.2, 0) is 6.61 Å². The van der Waals surface area contributed by atoms with Crippen molar-refractivity contribution in [2.45, 2.75) is 6.61 Å². The lowest BCUT2D eigenvalue weighted by atomic mass is 10.2. The summed E-state index contributed by atoms with van der Waals surface area (Å²) >= 11 is 0. The number of ether oxygens (including phenoxy) is 1. The van der Waals surface area contributed by atoms with Crippen molar-refractivity contribution in [3.63, 3.8) is 0 Å². The molecular formula is C11H11N5O4. The largest absolute Gasteiger partial charge is 0.433 e. The number of hydrogen-bond donors (Lipinski definition) is 3. The Bertz CT molecular complexity index is 634. The number of anilines is 1. The van der Waals surface area contributed by atoms with Gasteiger partial charge in [-0.1, -0.05) is 18.2 Å². The number of nitrogens with one attached hydrogen (secondary N) is 1. The van der Waals surface area contributed by atoms with E-state index >= 15 is 0 Å². The number of benzene rings is 1. The SMILES string of the molecule is NNc1ncc([N+](=O)[O-])c(Oc2ccccc2CO)n1. The molecule has 0 amide bonds. The number of rotatable bonds is 5. The smallest absolute Gasteiger partial charge is 0.349 e. The Labute approximate surface area is 113 Å². The maximum absolute atomic E-state index is 10.9. The van der Waals surface area contributed by atoms with Crippen LogP contribution in [0.4, 0.5) is 11.6 Å². The third-order valence-electron chi connectivity index (χ3n) is 2.41. The number of hydrazine groups is 1. The second-order valence-corrected chi connectivity index (χ2v) is 3.65. The molecule has 2 aromatic rings. The van der Waals surface area contributed by atoms with E-state index in [4.69, 9.17) is 10.6 Å². The summed E-state index contributed by atoms with van der Waals surface area (Å²) in [5, 5.41) is 20.1. The van der Waals surface area contributed by atoms with Crippen LogP contribution >= 0.6 is 0 Å². The van der Waals surface area contributed by atoms with Gasteiger partial charge in [0.25, 0.3) is 0 Å². The van der Waals surface area contributed by atoms with Gasteiger partial charge in [0, 0.05) is 5.56 Å². The molecule has 0 aliphatic carbocycles. The summed E-state index contributed by atoms with van der Waals surface area (Å²) in [4.78, 5) is 17.7. The van der Waals surface area contributed by atoms with Gasteiger partial charge in [-0.15, -0.1) is 0 Å². The van der Waals surface area contributed by atoms with E-state index in [1.54, 1.807) is 24.3 Å².